The Labute approximate surface area is 185 Å². The van der Waals surface area contributed by atoms with E-state index in [1.807, 2.05) is 0 Å². The van der Waals surface area contributed by atoms with Crippen molar-refractivity contribution in [2.24, 2.45) is 10.2 Å². The van der Waals surface area contributed by atoms with Crippen molar-refractivity contribution in [3.63, 3.8) is 0 Å². The average Bonchev–Trinajstić information content (AvgIpc) is 2.76. The Kier molecular flexibility index (Phi) is 11.4. The van der Waals surface area contributed by atoms with Crippen LogP contribution in [-0.2, 0) is 19.2 Å². The Morgan fingerprint density at radius 3 is 1.19 bits per heavy atom. The minimum atomic E-state index is -0.902. The molecule has 0 saturated heterocycles. The van der Waals surface area contributed by atoms with Crippen LogP contribution in [-0.4, -0.2) is 36.3 Å². The maximum atomic E-state index is 11.5. The van der Waals surface area contributed by atoms with Crippen molar-refractivity contribution in [1.29, 1.82) is 0 Å². The van der Waals surface area contributed by atoms with Gasteiger partial charge in [0, 0.05) is 0 Å². The Morgan fingerprint density at radius 2 is 0.906 bits per heavy atom. The van der Waals surface area contributed by atoms with Gasteiger partial charge in [0.1, 0.15) is 0 Å². The zero-order valence-corrected chi connectivity index (χ0v) is 18.1. The van der Waals surface area contributed by atoms with E-state index in [2.05, 4.69) is 29.5 Å². The first-order chi connectivity index (χ1) is 15.2. The predicted octanol–water partition coefficient (Wildman–Crippen LogP) is 5.14. The number of benzene rings is 2. The van der Waals surface area contributed by atoms with Gasteiger partial charge in [0.25, 0.3) is 0 Å². The largest absolute Gasteiger partial charge is 0.452 e. The molecule has 0 heterocycles. The van der Waals surface area contributed by atoms with Crippen LogP contribution in [0.5, 0.6) is 0 Å². The Morgan fingerprint density at radius 1 is 0.594 bits per heavy atom. The van der Waals surface area contributed by atoms with Gasteiger partial charge in [0.2, 0.25) is 0 Å². The van der Waals surface area contributed by atoms with E-state index in [9.17, 15) is 19.2 Å². The quantitative estimate of drug-likeness (QED) is 0.360. The first-order valence-electron chi connectivity index (χ1n) is 9.55. The summed E-state index contributed by atoms with van der Waals surface area (Å²) in [6.45, 7) is 6.67. The van der Waals surface area contributed by atoms with Gasteiger partial charge in [-0.15, -0.1) is 0 Å². The summed E-state index contributed by atoms with van der Waals surface area (Å²) in [4.78, 5) is 53.4. The third-order valence-corrected chi connectivity index (χ3v) is 3.10. The molecule has 0 aliphatic carbocycles. The number of nitrogens with zero attached hydrogens (tertiary/aromatic N) is 2. The monoisotopic (exact) mass is 444 g/mol. The molecule has 0 N–H and O–H groups in total. The van der Waals surface area contributed by atoms with Crippen LogP contribution in [0.25, 0.3) is 0 Å². The van der Waals surface area contributed by atoms with E-state index in [0.717, 1.165) is 0 Å². The second-order valence-electron chi connectivity index (χ2n) is 6.54. The van der Waals surface area contributed by atoms with E-state index < -0.39 is 24.1 Å². The molecule has 0 radical (unpaired) electrons. The lowest BCUT2D eigenvalue weighted by molar-refractivity contribution is -0.187. The standard InChI is InChI=1S/C14H10O4.C8H14N2O4/c15-13(11-7-3-1-4-8-11)17-18-14(16)12-9-5-2-6-10-12;1-5(2)13-7(11)9-10-8(12)14-6(3)4/h1-10H;5-6H,1-4H3. The summed E-state index contributed by atoms with van der Waals surface area (Å²) in [6, 6.07) is 16.6. The number of azo groups is 1. The molecule has 10 nitrogen and oxygen atoms in total. The number of carbonyl (C=O) groups is 4. The highest BCUT2D eigenvalue weighted by molar-refractivity contribution is 5.92. The summed E-state index contributed by atoms with van der Waals surface area (Å²) in [7, 11) is 0. The Bertz CT molecular complexity index is 837. The van der Waals surface area contributed by atoms with Crippen LogP contribution in [0.1, 0.15) is 48.4 Å². The number of amides is 2. The lowest BCUT2D eigenvalue weighted by atomic mass is 10.2. The molecule has 0 atom stereocenters. The Balaban J connectivity index is 0.000000333. The van der Waals surface area contributed by atoms with Crippen molar-refractivity contribution in [2.75, 3.05) is 0 Å². The number of hydrogen-bond acceptors (Lipinski definition) is 8. The van der Waals surface area contributed by atoms with Crippen molar-refractivity contribution in [2.45, 2.75) is 39.9 Å². The van der Waals surface area contributed by atoms with Gasteiger partial charge in [-0.3, -0.25) is 0 Å². The molecule has 2 aromatic carbocycles. The van der Waals surface area contributed by atoms with Crippen LogP contribution >= 0.6 is 0 Å². The van der Waals surface area contributed by atoms with Crippen molar-refractivity contribution in [3.8, 4) is 0 Å². The highest BCUT2D eigenvalue weighted by atomic mass is 17.2. The molecule has 170 valence electrons. The van der Waals surface area contributed by atoms with Gasteiger partial charge < -0.3 is 9.47 Å². The molecule has 0 spiro atoms. The zero-order chi connectivity index (χ0) is 23.9. The maximum absolute atomic E-state index is 11.5. The third-order valence-electron chi connectivity index (χ3n) is 3.10. The fraction of sp³-hybridized carbons (Fsp3) is 0.273. The predicted molar refractivity (Wildman–Crippen MR) is 112 cm³/mol. The maximum Gasteiger partial charge on any atom is 0.452 e. The van der Waals surface area contributed by atoms with Crippen molar-refractivity contribution in [3.05, 3.63) is 71.8 Å². The first kappa shape index (κ1) is 26.0. The van der Waals surface area contributed by atoms with Crippen LogP contribution < -0.4 is 0 Å². The molecular formula is C22H24N2O8. The third kappa shape index (κ3) is 11.2. The smallest absolute Gasteiger partial charge is 0.444 e. The van der Waals surface area contributed by atoms with E-state index in [4.69, 9.17) is 0 Å². The molecule has 2 amide bonds. The number of hydrogen-bond donors (Lipinski definition) is 0. The lowest BCUT2D eigenvalue weighted by Crippen LogP contribution is -2.11. The van der Waals surface area contributed by atoms with Gasteiger partial charge in [0.15, 0.2) is 0 Å². The van der Waals surface area contributed by atoms with E-state index in [-0.39, 0.29) is 12.2 Å². The number of rotatable bonds is 4. The topological polar surface area (TPSA) is 130 Å². The van der Waals surface area contributed by atoms with Gasteiger partial charge in [-0.2, -0.15) is 0 Å². The summed E-state index contributed by atoms with van der Waals surface area (Å²) in [5.41, 5.74) is 0.636. The summed E-state index contributed by atoms with van der Waals surface area (Å²) in [5, 5.41) is 6.01. The molecular weight excluding hydrogens is 420 g/mol. The highest BCUT2D eigenvalue weighted by Crippen LogP contribution is 2.05. The van der Waals surface area contributed by atoms with E-state index in [0.29, 0.717) is 11.1 Å². The average molecular weight is 444 g/mol. The van der Waals surface area contributed by atoms with Gasteiger partial charge in [-0.1, -0.05) is 46.6 Å². The summed E-state index contributed by atoms with van der Waals surface area (Å²) < 4.78 is 9.20. The molecule has 0 unspecified atom stereocenters. The zero-order valence-electron chi connectivity index (χ0n) is 18.1. The molecule has 0 fully saturated rings. The molecule has 0 aromatic heterocycles. The van der Waals surface area contributed by atoms with Gasteiger partial charge >= 0.3 is 24.1 Å². The molecule has 0 saturated carbocycles. The second-order valence-corrected chi connectivity index (χ2v) is 6.54. The second kappa shape index (κ2) is 14.0. The SMILES string of the molecule is CC(C)OC(=O)N=NC(=O)OC(C)C.O=C(OOC(=O)c1ccccc1)c1ccccc1. The minimum Gasteiger partial charge on any atom is -0.444 e. The summed E-state index contributed by atoms with van der Waals surface area (Å²) >= 11 is 0. The minimum absolute atomic E-state index is 0.289. The fourth-order valence-corrected chi connectivity index (χ4v) is 1.85. The normalized spacial score (nSPS) is 10.2. The Hall–Kier alpha value is -4.08. The fourth-order valence-electron chi connectivity index (χ4n) is 1.85. The molecule has 2 aromatic rings. The highest BCUT2D eigenvalue weighted by Gasteiger charge is 2.13. The van der Waals surface area contributed by atoms with Crippen molar-refractivity contribution < 1.29 is 38.4 Å². The number of ether oxygens (including phenoxy) is 2. The summed E-state index contributed by atoms with van der Waals surface area (Å²) in [6.07, 6.45) is -2.38. The van der Waals surface area contributed by atoms with Crippen molar-refractivity contribution >= 4 is 24.1 Å². The molecule has 2 rings (SSSR count). The van der Waals surface area contributed by atoms with Crippen molar-refractivity contribution in [1.82, 2.24) is 0 Å². The first-order valence-corrected chi connectivity index (χ1v) is 9.55. The van der Waals surface area contributed by atoms with Crippen LogP contribution in [0.2, 0.25) is 0 Å². The van der Waals surface area contributed by atoms with Crippen LogP contribution in [0.15, 0.2) is 70.9 Å². The number of carbonyl (C=O) groups excluding carboxylic acids is 4. The van der Waals surface area contributed by atoms with E-state index in [1.165, 1.54) is 0 Å². The van der Waals surface area contributed by atoms with Crippen LogP contribution in [0.4, 0.5) is 9.59 Å². The van der Waals surface area contributed by atoms with Gasteiger partial charge in [-0.05, 0) is 52.0 Å². The van der Waals surface area contributed by atoms with Crippen LogP contribution in [0.3, 0.4) is 0 Å². The summed E-state index contributed by atoms with van der Waals surface area (Å²) in [5.74, 6) is -1.42. The molecule has 0 bridgehead atoms. The van der Waals surface area contributed by atoms with Gasteiger partial charge in [0.05, 0.1) is 23.3 Å². The van der Waals surface area contributed by atoms with Gasteiger partial charge in [-0.25, -0.2) is 29.0 Å². The van der Waals surface area contributed by atoms with E-state index in [1.54, 1.807) is 88.4 Å². The van der Waals surface area contributed by atoms with E-state index >= 15 is 0 Å². The molecule has 32 heavy (non-hydrogen) atoms. The molecule has 0 aliphatic rings. The lowest BCUT2D eigenvalue weighted by Gasteiger charge is -2.03. The molecule has 10 heteroatoms. The molecule has 0 aliphatic heterocycles. The van der Waals surface area contributed by atoms with Crippen LogP contribution in [0, 0.1) is 0 Å².